The molecule has 0 amide bonds. The van der Waals surface area contributed by atoms with Crippen molar-refractivity contribution in [3.8, 4) is 0 Å². The van der Waals surface area contributed by atoms with Gasteiger partial charge in [-0.25, -0.2) is 9.13 Å². The highest BCUT2D eigenvalue weighted by atomic mass is 127. The lowest BCUT2D eigenvalue weighted by Gasteiger charge is -2.02. The average molecular weight is 364 g/mol. The second-order valence-electron chi connectivity index (χ2n) is 5.20. The third kappa shape index (κ3) is 4.56. The van der Waals surface area contributed by atoms with Gasteiger partial charge in [0.05, 0.1) is 13.6 Å². The molecule has 2 nitrogen and oxygen atoms in total. The van der Waals surface area contributed by atoms with Gasteiger partial charge in [0.25, 0.3) is 5.82 Å². The molecule has 0 N–H and O–H groups in total. The van der Waals surface area contributed by atoms with Gasteiger partial charge in [-0.2, -0.15) is 0 Å². The van der Waals surface area contributed by atoms with Gasteiger partial charge in [0.2, 0.25) is 0 Å². The van der Waals surface area contributed by atoms with Crippen LogP contribution in [0.3, 0.4) is 0 Å². The van der Waals surface area contributed by atoms with Crippen LogP contribution < -0.4 is 28.5 Å². The minimum atomic E-state index is 0. The first-order valence-corrected chi connectivity index (χ1v) is 7.11. The number of unbranched alkanes of at least 4 members (excludes halogenated alkanes) is 5. The van der Waals surface area contributed by atoms with Gasteiger partial charge in [0.15, 0.2) is 0 Å². The fourth-order valence-electron chi connectivity index (χ4n) is 2.48. The van der Waals surface area contributed by atoms with E-state index >= 15 is 0 Å². The molecular formula is C15H29IN2. The maximum Gasteiger partial charge on any atom is 0.253 e. The lowest BCUT2D eigenvalue weighted by atomic mass is 10.1. The molecule has 0 aromatic carbocycles. The molecule has 0 saturated carbocycles. The monoisotopic (exact) mass is 364 g/mol. The number of aromatic nitrogens is 2. The normalized spacial score (nSPS) is 10.5. The number of nitrogens with zero attached hydrogens (tertiary/aromatic N) is 2. The van der Waals surface area contributed by atoms with Crippen molar-refractivity contribution in [3.05, 3.63) is 17.2 Å². The summed E-state index contributed by atoms with van der Waals surface area (Å²) in [7, 11) is 2.16. The Hall–Kier alpha value is -0.0600. The summed E-state index contributed by atoms with van der Waals surface area (Å²) in [5, 5.41) is 0. The van der Waals surface area contributed by atoms with Crippen LogP contribution in [-0.4, -0.2) is 4.57 Å². The van der Waals surface area contributed by atoms with Crippen LogP contribution in [0.2, 0.25) is 0 Å². The number of halogens is 1. The topological polar surface area (TPSA) is 8.81 Å². The molecule has 1 aromatic heterocycles. The molecule has 106 valence electrons. The van der Waals surface area contributed by atoms with Crippen molar-refractivity contribution in [3.63, 3.8) is 0 Å². The van der Waals surface area contributed by atoms with E-state index in [0.29, 0.717) is 0 Å². The first-order valence-electron chi connectivity index (χ1n) is 7.11. The summed E-state index contributed by atoms with van der Waals surface area (Å²) < 4.78 is 4.77. The summed E-state index contributed by atoms with van der Waals surface area (Å²) in [5.41, 5.74) is 2.83. The molecule has 3 heteroatoms. The third-order valence-corrected chi connectivity index (χ3v) is 4.04. The summed E-state index contributed by atoms with van der Waals surface area (Å²) >= 11 is 0. The smallest absolute Gasteiger partial charge is 0.253 e. The molecule has 0 atom stereocenters. The molecule has 0 bridgehead atoms. The van der Waals surface area contributed by atoms with Gasteiger partial charge >= 0.3 is 0 Å². The highest BCUT2D eigenvalue weighted by Gasteiger charge is 2.18. The molecule has 0 aliphatic heterocycles. The molecule has 1 aromatic rings. The SMILES string of the molecule is CCCCCCCCn1c(C)c(C)[n+](C)c1C.[I-]. The van der Waals surface area contributed by atoms with Crippen molar-refractivity contribution in [1.82, 2.24) is 4.57 Å². The Bertz CT molecular complexity index is 330. The van der Waals surface area contributed by atoms with Gasteiger partial charge in [0, 0.05) is 20.8 Å². The van der Waals surface area contributed by atoms with Crippen LogP contribution in [0.4, 0.5) is 0 Å². The standard InChI is InChI=1S/C15H29N2.HI/c1-6-7-8-9-10-11-12-17-14(3)13(2)16(5)15(17)4;/h6-12H2,1-5H3;1H/q+1;/p-1. The van der Waals surface area contributed by atoms with Crippen molar-refractivity contribution in [2.75, 3.05) is 0 Å². The van der Waals surface area contributed by atoms with Crippen molar-refractivity contribution in [2.45, 2.75) is 72.8 Å². The van der Waals surface area contributed by atoms with Gasteiger partial charge in [-0.1, -0.05) is 32.6 Å². The van der Waals surface area contributed by atoms with Crippen molar-refractivity contribution in [1.29, 1.82) is 0 Å². The Labute approximate surface area is 130 Å². The zero-order chi connectivity index (χ0) is 12.8. The number of hydrogen-bond donors (Lipinski definition) is 0. The van der Waals surface area contributed by atoms with E-state index in [1.807, 2.05) is 0 Å². The third-order valence-electron chi connectivity index (χ3n) is 4.04. The predicted octanol–water partition coefficient (Wildman–Crippen LogP) is 0.602. The van der Waals surface area contributed by atoms with E-state index in [4.69, 9.17) is 0 Å². The quantitative estimate of drug-likeness (QED) is 0.381. The molecular weight excluding hydrogens is 335 g/mol. The van der Waals surface area contributed by atoms with Crippen LogP contribution in [-0.2, 0) is 13.6 Å². The van der Waals surface area contributed by atoms with Crippen molar-refractivity contribution in [2.24, 2.45) is 7.05 Å². The fraction of sp³-hybridized carbons (Fsp3) is 0.800. The lowest BCUT2D eigenvalue weighted by Crippen LogP contribution is -3.00. The van der Waals surface area contributed by atoms with Gasteiger partial charge in [-0.15, -0.1) is 0 Å². The summed E-state index contributed by atoms with van der Waals surface area (Å²) in [6.07, 6.45) is 8.24. The lowest BCUT2D eigenvalue weighted by molar-refractivity contribution is -0.683. The van der Waals surface area contributed by atoms with E-state index in [-0.39, 0.29) is 24.0 Å². The minimum Gasteiger partial charge on any atom is -1.00 e. The number of hydrogen-bond acceptors (Lipinski definition) is 0. The Morgan fingerprint density at radius 2 is 1.50 bits per heavy atom. The van der Waals surface area contributed by atoms with Gasteiger partial charge < -0.3 is 24.0 Å². The van der Waals surface area contributed by atoms with E-state index in [2.05, 4.69) is 43.9 Å². The van der Waals surface area contributed by atoms with Crippen molar-refractivity contribution < 1.29 is 28.5 Å². The average Bonchev–Trinajstić information content (AvgIpc) is 2.50. The maximum absolute atomic E-state index is 2.47. The summed E-state index contributed by atoms with van der Waals surface area (Å²) in [4.78, 5) is 0. The second kappa shape index (κ2) is 8.94. The van der Waals surface area contributed by atoms with Gasteiger partial charge in [-0.05, 0) is 12.8 Å². The van der Waals surface area contributed by atoms with Crippen LogP contribution in [0.25, 0.3) is 0 Å². The first-order chi connectivity index (χ1) is 8.09. The Morgan fingerprint density at radius 3 is 2.00 bits per heavy atom. The highest BCUT2D eigenvalue weighted by Crippen LogP contribution is 2.11. The molecule has 18 heavy (non-hydrogen) atoms. The Kier molecular flexibility index (Phi) is 8.91. The van der Waals surface area contributed by atoms with Crippen LogP contribution in [0.1, 0.15) is 62.7 Å². The Balaban J connectivity index is 0.00000289. The van der Waals surface area contributed by atoms with Crippen LogP contribution in [0.15, 0.2) is 0 Å². The Morgan fingerprint density at radius 1 is 0.944 bits per heavy atom. The molecule has 0 unspecified atom stereocenters. The van der Waals surface area contributed by atoms with E-state index in [1.54, 1.807) is 0 Å². The molecule has 0 aliphatic carbocycles. The molecule has 0 radical (unpaired) electrons. The summed E-state index contributed by atoms with van der Waals surface area (Å²) in [6.45, 7) is 10.1. The predicted molar refractivity (Wildman–Crippen MR) is 73.2 cm³/mol. The van der Waals surface area contributed by atoms with Crippen LogP contribution in [0.5, 0.6) is 0 Å². The van der Waals surface area contributed by atoms with Crippen LogP contribution in [0, 0.1) is 20.8 Å². The highest BCUT2D eigenvalue weighted by molar-refractivity contribution is 5.06. The molecule has 0 spiro atoms. The largest absolute Gasteiger partial charge is 1.00 e. The molecule has 0 fully saturated rings. The van der Waals surface area contributed by atoms with Gasteiger partial charge in [-0.3, -0.25) is 0 Å². The van der Waals surface area contributed by atoms with E-state index < -0.39 is 0 Å². The zero-order valence-corrected chi connectivity index (χ0v) is 14.9. The van der Waals surface area contributed by atoms with Crippen LogP contribution >= 0.6 is 0 Å². The second-order valence-corrected chi connectivity index (χ2v) is 5.20. The number of imidazole rings is 1. The zero-order valence-electron chi connectivity index (χ0n) is 12.7. The van der Waals surface area contributed by atoms with E-state index in [9.17, 15) is 0 Å². The summed E-state index contributed by atoms with van der Waals surface area (Å²) in [5.74, 6) is 1.38. The van der Waals surface area contributed by atoms with E-state index in [0.717, 1.165) is 0 Å². The minimum absolute atomic E-state index is 0. The molecule has 0 saturated heterocycles. The summed E-state index contributed by atoms with van der Waals surface area (Å²) in [6, 6.07) is 0. The molecule has 1 heterocycles. The molecule has 0 aliphatic rings. The maximum atomic E-state index is 2.47. The van der Waals surface area contributed by atoms with Crippen molar-refractivity contribution >= 4 is 0 Å². The van der Waals surface area contributed by atoms with E-state index in [1.165, 1.54) is 62.3 Å². The number of rotatable bonds is 7. The molecule has 1 rings (SSSR count). The first kappa shape index (κ1) is 17.9. The fourth-order valence-corrected chi connectivity index (χ4v) is 2.48. The van der Waals surface area contributed by atoms with Gasteiger partial charge in [0.1, 0.15) is 11.4 Å².